The Kier molecular flexibility index (Phi) is 4.27. The van der Waals surface area contributed by atoms with Crippen molar-refractivity contribution in [3.05, 3.63) is 35.0 Å². The molecular formula is C18H20N4O2S. The highest BCUT2D eigenvalue weighted by atomic mass is 32.1. The number of aliphatic hydroxyl groups excluding tert-OH is 1. The smallest absolute Gasteiger partial charge is 0.226 e. The van der Waals surface area contributed by atoms with Gasteiger partial charge in [0.1, 0.15) is 0 Å². The van der Waals surface area contributed by atoms with Crippen molar-refractivity contribution < 1.29 is 9.63 Å². The molecular weight excluding hydrogens is 336 g/mol. The van der Waals surface area contributed by atoms with Gasteiger partial charge in [-0.3, -0.25) is 0 Å². The molecule has 0 aromatic carbocycles. The van der Waals surface area contributed by atoms with Crippen LogP contribution in [0.25, 0.3) is 21.9 Å². The van der Waals surface area contributed by atoms with Crippen molar-refractivity contribution in [2.45, 2.75) is 32.8 Å². The fourth-order valence-corrected chi connectivity index (χ4v) is 4.05. The first-order valence-corrected chi connectivity index (χ1v) is 9.28. The van der Waals surface area contributed by atoms with E-state index in [9.17, 15) is 5.11 Å². The van der Waals surface area contributed by atoms with Crippen molar-refractivity contribution in [2.75, 3.05) is 18.0 Å². The fraction of sp³-hybridized carbons (Fsp3) is 0.389. The summed E-state index contributed by atoms with van der Waals surface area (Å²) < 4.78 is 5.45. The monoisotopic (exact) mass is 356 g/mol. The summed E-state index contributed by atoms with van der Waals surface area (Å²) in [5.74, 6) is 1.33. The van der Waals surface area contributed by atoms with Crippen LogP contribution in [0.4, 0.5) is 5.95 Å². The van der Waals surface area contributed by atoms with Gasteiger partial charge >= 0.3 is 0 Å². The van der Waals surface area contributed by atoms with Gasteiger partial charge in [0, 0.05) is 25.4 Å². The number of hydrogen-bond donors (Lipinski definition) is 1. The lowest BCUT2D eigenvalue weighted by Crippen LogP contribution is -2.39. The zero-order chi connectivity index (χ0) is 17.4. The Morgan fingerprint density at radius 3 is 2.92 bits per heavy atom. The Bertz CT molecular complexity index is 889. The number of piperidine rings is 1. The lowest BCUT2D eigenvalue weighted by atomic mass is 10.1. The van der Waals surface area contributed by atoms with E-state index in [4.69, 9.17) is 9.51 Å². The topological polar surface area (TPSA) is 75.3 Å². The Hall–Kier alpha value is -2.25. The van der Waals surface area contributed by atoms with E-state index in [1.807, 2.05) is 13.0 Å². The van der Waals surface area contributed by atoms with Gasteiger partial charge in [0.25, 0.3) is 0 Å². The van der Waals surface area contributed by atoms with E-state index < -0.39 is 0 Å². The Morgan fingerprint density at radius 2 is 2.24 bits per heavy atom. The summed E-state index contributed by atoms with van der Waals surface area (Å²) in [5.41, 5.74) is 3.69. The van der Waals surface area contributed by atoms with Gasteiger partial charge in [-0.25, -0.2) is 9.97 Å². The summed E-state index contributed by atoms with van der Waals surface area (Å²) in [5, 5.41) is 16.0. The summed E-state index contributed by atoms with van der Waals surface area (Å²) in [7, 11) is 0. The van der Waals surface area contributed by atoms with Gasteiger partial charge in [-0.1, -0.05) is 5.16 Å². The predicted molar refractivity (Wildman–Crippen MR) is 97.8 cm³/mol. The standard InChI is InChI=1S/C18H20N4O2S/c1-11-5-7-25-17(11)16-14(15-8-12(2)21-24-15)9-19-18(20-16)22-6-3-4-13(23)10-22/h5,7-9,13,23H,3-4,6,10H2,1-2H3/t13-/m1/s1. The molecule has 7 heteroatoms. The molecule has 1 atom stereocenters. The third kappa shape index (κ3) is 3.17. The van der Waals surface area contributed by atoms with E-state index in [1.54, 1.807) is 17.5 Å². The number of anilines is 1. The van der Waals surface area contributed by atoms with Gasteiger partial charge in [0.15, 0.2) is 5.76 Å². The van der Waals surface area contributed by atoms with E-state index in [0.29, 0.717) is 18.3 Å². The molecule has 130 valence electrons. The van der Waals surface area contributed by atoms with Crippen LogP contribution in [0.2, 0.25) is 0 Å². The van der Waals surface area contributed by atoms with Crippen LogP contribution in [0.3, 0.4) is 0 Å². The second-order valence-electron chi connectivity index (χ2n) is 6.44. The highest BCUT2D eigenvalue weighted by molar-refractivity contribution is 7.13. The van der Waals surface area contributed by atoms with E-state index in [1.165, 1.54) is 5.56 Å². The second kappa shape index (κ2) is 6.57. The molecule has 0 radical (unpaired) electrons. The van der Waals surface area contributed by atoms with Gasteiger partial charge in [-0.15, -0.1) is 11.3 Å². The lowest BCUT2D eigenvalue weighted by Gasteiger charge is -2.30. The van der Waals surface area contributed by atoms with Gasteiger partial charge in [0.05, 0.1) is 27.9 Å². The third-order valence-electron chi connectivity index (χ3n) is 4.43. The molecule has 1 N–H and O–H groups in total. The molecule has 1 aliphatic heterocycles. The van der Waals surface area contributed by atoms with Crippen LogP contribution in [0.1, 0.15) is 24.1 Å². The van der Waals surface area contributed by atoms with Crippen molar-refractivity contribution in [2.24, 2.45) is 0 Å². The lowest BCUT2D eigenvalue weighted by molar-refractivity contribution is 0.153. The predicted octanol–water partition coefficient (Wildman–Crippen LogP) is 3.44. The summed E-state index contributed by atoms with van der Waals surface area (Å²) in [6.07, 6.45) is 3.27. The zero-order valence-corrected chi connectivity index (χ0v) is 15.1. The van der Waals surface area contributed by atoms with Gasteiger partial charge in [0.2, 0.25) is 5.95 Å². The molecule has 0 amide bonds. The summed E-state index contributed by atoms with van der Waals surface area (Å²) in [6.45, 7) is 5.41. The molecule has 4 rings (SSSR count). The van der Waals surface area contributed by atoms with Crippen LogP contribution in [-0.2, 0) is 0 Å². The van der Waals surface area contributed by atoms with Crippen LogP contribution in [0.5, 0.6) is 0 Å². The molecule has 1 saturated heterocycles. The maximum Gasteiger partial charge on any atom is 0.226 e. The SMILES string of the molecule is Cc1cc(-c2cnc(N3CCC[C@@H](O)C3)nc2-c2sccc2C)on1. The van der Waals surface area contributed by atoms with E-state index in [2.05, 4.69) is 33.4 Å². The first kappa shape index (κ1) is 16.2. The number of β-amino-alcohol motifs (C(OH)–C–C–N with tert-alkyl or cyclic N) is 1. The van der Waals surface area contributed by atoms with E-state index in [0.717, 1.165) is 41.2 Å². The van der Waals surface area contributed by atoms with Gasteiger partial charge < -0.3 is 14.5 Å². The average molecular weight is 356 g/mol. The third-order valence-corrected chi connectivity index (χ3v) is 5.45. The maximum atomic E-state index is 9.96. The van der Waals surface area contributed by atoms with Crippen molar-refractivity contribution in [1.82, 2.24) is 15.1 Å². The van der Waals surface area contributed by atoms with Crippen LogP contribution in [0.15, 0.2) is 28.2 Å². The largest absolute Gasteiger partial charge is 0.391 e. The Morgan fingerprint density at radius 1 is 1.36 bits per heavy atom. The van der Waals surface area contributed by atoms with Crippen molar-refractivity contribution in [3.63, 3.8) is 0 Å². The van der Waals surface area contributed by atoms with Gasteiger partial charge in [-0.05, 0) is 43.7 Å². The minimum atomic E-state index is -0.319. The second-order valence-corrected chi connectivity index (χ2v) is 7.36. The summed E-state index contributed by atoms with van der Waals surface area (Å²) in [4.78, 5) is 12.5. The molecule has 6 nitrogen and oxygen atoms in total. The van der Waals surface area contributed by atoms with Gasteiger partial charge in [-0.2, -0.15) is 0 Å². The first-order valence-electron chi connectivity index (χ1n) is 8.40. The molecule has 0 spiro atoms. The molecule has 0 aliphatic carbocycles. The highest BCUT2D eigenvalue weighted by Crippen LogP contribution is 2.36. The number of aromatic nitrogens is 3. The average Bonchev–Trinajstić information content (AvgIpc) is 3.22. The van der Waals surface area contributed by atoms with Crippen LogP contribution in [0, 0.1) is 13.8 Å². The normalized spacial score (nSPS) is 17.9. The molecule has 1 fully saturated rings. The van der Waals surface area contributed by atoms with Crippen molar-refractivity contribution in [1.29, 1.82) is 0 Å². The number of hydrogen-bond acceptors (Lipinski definition) is 7. The summed E-state index contributed by atoms with van der Waals surface area (Å²) in [6, 6.07) is 3.98. The molecule has 0 bridgehead atoms. The minimum Gasteiger partial charge on any atom is -0.391 e. The minimum absolute atomic E-state index is 0.319. The number of thiophene rings is 1. The van der Waals surface area contributed by atoms with Crippen LogP contribution in [-0.4, -0.2) is 39.4 Å². The zero-order valence-electron chi connectivity index (χ0n) is 14.3. The Labute approximate surface area is 150 Å². The molecule has 3 aromatic heterocycles. The molecule has 4 heterocycles. The molecule has 1 aliphatic rings. The molecule has 0 unspecified atom stereocenters. The number of aryl methyl sites for hydroxylation is 2. The quantitative estimate of drug-likeness (QED) is 0.775. The van der Waals surface area contributed by atoms with Crippen molar-refractivity contribution >= 4 is 17.3 Å². The number of nitrogens with zero attached hydrogens (tertiary/aromatic N) is 4. The van der Waals surface area contributed by atoms with E-state index in [-0.39, 0.29) is 6.10 Å². The molecule has 25 heavy (non-hydrogen) atoms. The van der Waals surface area contributed by atoms with Crippen LogP contribution < -0.4 is 4.90 Å². The summed E-state index contributed by atoms with van der Waals surface area (Å²) >= 11 is 1.65. The van der Waals surface area contributed by atoms with E-state index >= 15 is 0 Å². The fourth-order valence-electron chi connectivity index (χ4n) is 3.12. The molecule has 3 aromatic rings. The number of aliphatic hydroxyl groups is 1. The molecule has 0 saturated carbocycles. The highest BCUT2D eigenvalue weighted by Gasteiger charge is 2.23. The maximum absolute atomic E-state index is 9.96. The first-order chi connectivity index (χ1) is 12.1. The number of rotatable bonds is 3. The Balaban J connectivity index is 1.81. The van der Waals surface area contributed by atoms with Crippen molar-refractivity contribution in [3.8, 4) is 21.9 Å². The van der Waals surface area contributed by atoms with Crippen LogP contribution >= 0.6 is 11.3 Å².